The maximum absolute atomic E-state index is 11.9. The molecule has 2 heterocycles. The summed E-state index contributed by atoms with van der Waals surface area (Å²) in [5, 5.41) is 0. The van der Waals surface area contributed by atoms with E-state index < -0.39 is 5.41 Å². The Morgan fingerprint density at radius 1 is 1.61 bits per heavy atom. The number of carbonyl (C=O) groups excluding carboxylic acids is 1. The summed E-state index contributed by atoms with van der Waals surface area (Å²) >= 11 is 3.41. The van der Waals surface area contributed by atoms with E-state index in [2.05, 4.69) is 25.8 Å². The SMILES string of the molecule is CCOC(=O)C1(C)CCN(c2cncc(Br)c2)C1. The Hall–Kier alpha value is -1.10. The number of rotatable bonds is 3. The molecule has 1 saturated heterocycles. The molecule has 0 bridgehead atoms. The number of halogens is 1. The molecule has 0 spiro atoms. The van der Waals surface area contributed by atoms with Crippen molar-refractivity contribution in [3.63, 3.8) is 0 Å². The van der Waals surface area contributed by atoms with E-state index in [0.29, 0.717) is 13.2 Å². The monoisotopic (exact) mass is 312 g/mol. The maximum Gasteiger partial charge on any atom is 0.313 e. The van der Waals surface area contributed by atoms with E-state index in [4.69, 9.17) is 4.74 Å². The molecule has 4 nitrogen and oxygen atoms in total. The summed E-state index contributed by atoms with van der Waals surface area (Å²) in [5.41, 5.74) is 0.635. The minimum Gasteiger partial charge on any atom is -0.466 e. The van der Waals surface area contributed by atoms with Gasteiger partial charge in [0.15, 0.2) is 0 Å². The Bertz CT molecular complexity index is 452. The van der Waals surface area contributed by atoms with Crippen LogP contribution in [0.2, 0.25) is 0 Å². The molecule has 1 atom stereocenters. The van der Waals surface area contributed by atoms with Crippen LogP contribution in [0.1, 0.15) is 20.3 Å². The van der Waals surface area contributed by atoms with E-state index >= 15 is 0 Å². The first-order chi connectivity index (χ1) is 8.55. The Kier molecular flexibility index (Phi) is 3.90. The van der Waals surface area contributed by atoms with Crippen LogP contribution in [0.5, 0.6) is 0 Å². The van der Waals surface area contributed by atoms with Crippen molar-refractivity contribution in [3.05, 3.63) is 22.9 Å². The Morgan fingerprint density at radius 2 is 2.39 bits per heavy atom. The lowest BCUT2D eigenvalue weighted by Gasteiger charge is -2.23. The van der Waals surface area contributed by atoms with Crippen LogP contribution in [-0.2, 0) is 9.53 Å². The first-order valence-corrected chi connectivity index (χ1v) is 6.87. The van der Waals surface area contributed by atoms with Crippen molar-refractivity contribution in [1.29, 1.82) is 0 Å². The van der Waals surface area contributed by atoms with Gasteiger partial charge in [-0.3, -0.25) is 9.78 Å². The van der Waals surface area contributed by atoms with Crippen LogP contribution in [0.3, 0.4) is 0 Å². The van der Waals surface area contributed by atoms with E-state index in [1.54, 1.807) is 6.20 Å². The highest BCUT2D eigenvalue weighted by atomic mass is 79.9. The van der Waals surface area contributed by atoms with Crippen molar-refractivity contribution in [1.82, 2.24) is 4.98 Å². The highest BCUT2D eigenvalue weighted by molar-refractivity contribution is 9.10. The number of nitrogens with zero attached hydrogens (tertiary/aromatic N) is 2. The third-order valence-electron chi connectivity index (χ3n) is 3.30. The molecule has 1 aliphatic heterocycles. The lowest BCUT2D eigenvalue weighted by atomic mass is 9.90. The zero-order valence-electron chi connectivity index (χ0n) is 10.6. The summed E-state index contributed by atoms with van der Waals surface area (Å²) in [6.45, 7) is 5.78. The standard InChI is InChI=1S/C13H17BrN2O2/c1-3-18-12(17)13(2)4-5-16(9-13)11-6-10(14)7-15-8-11/h6-8H,3-5,9H2,1-2H3. The van der Waals surface area contributed by atoms with Crippen LogP contribution in [0.15, 0.2) is 22.9 Å². The zero-order valence-corrected chi connectivity index (χ0v) is 12.2. The van der Waals surface area contributed by atoms with Crippen molar-refractivity contribution >= 4 is 27.6 Å². The molecule has 0 aliphatic carbocycles. The first-order valence-electron chi connectivity index (χ1n) is 6.08. The largest absolute Gasteiger partial charge is 0.466 e. The highest BCUT2D eigenvalue weighted by Crippen LogP contribution is 2.34. The van der Waals surface area contributed by atoms with Gasteiger partial charge >= 0.3 is 5.97 Å². The van der Waals surface area contributed by atoms with Crippen LogP contribution >= 0.6 is 15.9 Å². The fourth-order valence-corrected chi connectivity index (χ4v) is 2.58. The fraction of sp³-hybridized carbons (Fsp3) is 0.538. The van der Waals surface area contributed by atoms with Gasteiger partial charge in [-0.05, 0) is 42.3 Å². The second-order valence-electron chi connectivity index (χ2n) is 4.81. The fourth-order valence-electron chi connectivity index (χ4n) is 2.23. The van der Waals surface area contributed by atoms with Crippen LogP contribution in [-0.4, -0.2) is 30.6 Å². The summed E-state index contributed by atoms with van der Waals surface area (Å²) in [7, 11) is 0. The molecule has 18 heavy (non-hydrogen) atoms. The van der Waals surface area contributed by atoms with E-state index in [1.807, 2.05) is 26.1 Å². The van der Waals surface area contributed by atoms with Gasteiger partial charge in [0, 0.05) is 23.8 Å². The van der Waals surface area contributed by atoms with Crippen LogP contribution in [0.25, 0.3) is 0 Å². The third-order valence-corrected chi connectivity index (χ3v) is 3.73. The molecule has 0 aromatic carbocycles. The highest BCUT2D eigenvalue weighted by Gasteiger charge is 2.41. The van der Waals surface area contributed by atoms with Crippen molar-refractivity contribution in [3.8, 4) is 0 Å². The number of aromatic nitrogens is 1. The second-order valence-corrected chi connectivity index (χ2v) is 5.73. The number of anilines is 1. The minimum atomic E-state index is -0.404. The predicted octanol–water partition coefficient (Wildman–Crippen LogP) is 2.62. The molecule has 0 N–H and O–H groups in total. The number of carbonyl (C=O) groups is 1. The van der Waals surface area contributed by atoms with Gasteiger partial charge in [0.25, 0.3) is 0 Å². The van der Waals surface area contributed by atoms with E-state index in [-0.39, 0.29) is 5.97 Å². The summed E-state index contributed by atoms with van der Waals surface area (Å²) < 4.78 is 6.10. The van der Waals surface area contributed by atoms with Gasteiger partial charge in [0.05, 0.1) is 23.9 Å². The molecule has 1 fully saturated rings. The molecular weight excluding hydrogens is 296 g/mol. The van der Waals surface area contributed by atoms with Gasteiger partial charge in [-0.25, -0.2) is 0 Å². The molecule has 0 saturated carbocycles. The van der Waals surface area contributed by atoms with Gasteiger partial charge < -0.3 is 9.64 Å². The smallest absolute Gasteiger partial charge is 0.313 e. The van der Waals surface area contributed by atoms with Crippen molar-refractivity contribution in [2.24, 2.45) is 5.41 Å². The lowest BCUT2D eigenvalue weighted by Crippen LogP contribution is -2.33. The summed E-state index contributed by atoms with van der Waals surface area (Å²) in [6, 6.07) is 2.02. The molecule has 1 aromatic rings. The number of pyridine rings is 1. The van der Waals surface area contributed by atoms with Gasteiger partial charge in [-0.2, -0.15) is 0 Å². The van der Waals surface area contributed by atoms with Crippen LogP contribution in [0.4, 0.5) is 5.69 Å². The van der Waals surface area contributed by atoms with Crippen LogP contribution < -0.4 is 4.90 Å². The molecule has 0 radical (unpaired) electrons. The predicted molar refractivity (Wildman–Crippen MR) is 73.5 cm³/mol. The van der Waals surface area contributed by atoms with E-state index in [0.717, 1.165) is 23.1 Å². The topological polar surface area (TPSA) is 42.4 Å². The molecule has 1 aromatic heterocycles. The normalized spacial score (nSPS) is 23.2. The molecule has 0 amide bonds. The molecule has 98 valence electrons. The molecule has 5 heteroatoms. The van der Waals surface area contributed by atoms with Crippen LogP contribution in [0, 0.1) is 5.41 Å². The van der Waals surface area contributed by atoms with Crippen molar-refractivity contribution in [2.45, 2.75) is 20.3 Å². The Balaban J connectivity index is 2.10. The Morgan fingerprint density at radius 3 is 3.06 bits per heavy atom. The average Bonchev–Trinajstić information content (AvgIpc) is 2.74. The van der Waals surface area contributed by atoms with Gasteiger partial charge in [0.2, 0.25) is 0 Å². The van der Waals surface area contributed by atoms with Gasteiger partial charge in [-0.15, -0.1) is 0 Å². The van der Waals surface area contributed by atoms with Gasteiger partial charge in [-0.1, -0.05) is 0 Å². The summed E-state index contributed by atoms with van der Waals surface area (Å²) in [6.07, 6.45) is 4.39. The lowest BCUT2D eigenvalue weighted by molar-refractivity contribution is -0.153. The number of hydrogen-bond acceptors (Lipinski definition) is 4. The van der Waals surface area contributed by atoms with Crippen molar-refractivity contribution < 1.29 is 9.53 Å². The Labute approximate surface area is 115 Å². The number of hydrogen-bond donors (Lipinski definition) is 0. The quantitative estimate of drug-likeness (QED) is 0.805. The first kappa shape index (κ1) is 13.3. The second kappa shape index (κ2) is 5.26. The average molecular weight is 313 g/mol. The van der Waals surface area contributed by atoms with Gasteiger partial charge in [0.1, 0.15) is 0 Å². The number of ether oxygens (including phenoxy) is 1. The molecular formula is C13H17BrN2O2. The molecule has 1 aliphatic rings. The van der Waals surface area contributed by atoms with Crippen molar-refractivity contribution in [2.75, 3.05) is 24.6 Å². The van der Waals surface area contributed by atoms with E-state index in [1.165, 1.54) is 0 Å². The van der Waals surface area contributed by atoms with E-state index in [9.17, 15) is 4.79 Å². The zero-order chi connectivity index (χ0) is 13.2. The summed E-state index contributed by atoms with van der Waals surface area (Å²) in [5.74, 6) is -0.101. The minimum absolute atomic E-state index is 0.101. The summed E-state index contributed by atoms with van der Waals surface area (Å²) in [4.78, 5) is 18.3. The molecule has 1 unspecified atom stereocenters. The maximum atomic E-state index is 11.9. The molecule has 2 rings (SSSR count). The number of esters is 1. The third kappa shape index (κ3) is 2.66.